The van der Waals surface area contributed by atoms with Crippen LogP contribution in [0, 0.1) is 13.8 Å². The highest BCUT2D eigenvalue weighted by atomic mass is 16.5. The predicted octanol–water partition coefficient (Wildman–Crippen LogP) is 2.50. The standard InChI is InChI=1S/C15H20N2O3/c1-11-15(12(2)17(3)16-11)20-10-9-19-14-8-6-5-7-13(14)18-4/h5-8H,9-10H2,1-4H3. The summed E-state index contributed by atoms with van der Waals surface area (Å²) in [7, 11) is 3.53. The van der Waals surface area contributed by atoms with Crippen molar-refractivity contribution in [1.29, 1.82) is 0 Å². The van der Waals surface area contributed by atoms with Crippen molar-refractivity contribution in [2.45, 2.75) is 13.8 Å². The molecule has 20 heavy (non-hydrogen) atoms. The topological polar surface area (TPSA) is 45.5 Å². The van der Waals surface area contributed by atoms with Gasteiger partial charge in [-0.3, -0.25) is 4.68 Å². The molecule has 5 nitrogen and oxygen atoms in total. The van der Waals surface area contributed by atoms with Crippen LogP contribution in [0.2, 0.25) is 0 Å². The molecule has 108 valence electrons. The molecule has 0 N–H and O–H groups in total. The Hall–Kier alpha value is -2.17. The van der Waals surface area contributed by atoms with Gasteiger partial charge in [0, 0.05) is 7.05 Å². The number of methoxy groups -OCH3 is 1. The first-order chi connectivity index (χ1) is 9.63. The number of benzene rings is 1. The Morgan fingerprint density at radius 3 is 2.30 bits per heavy atom. The van der Waals surface area contributed by atoms with Crippen LogP contribution in [0.5, 0.6) is 17.2 Å². The van der Waals surface area contributed by atoms with Crippen molar-refractivity contribution in [2.75, 3.05) is 20.3 Å². The summed E-state index contributed by atoms with van der Waals surface area (Å²) in [6.45, 7) is 4.83. The molecule has 0 bridgehead atoms. The van der Waals surface area contributed by atoms with E-state index in [1.807, 2.05) is 49.8 Å². The molecule has 2 rings (SSSR count). The Morgan fingerprint density at radius 1 is 1.05 bits per heavy atom. The molecular formula is C15H20N2O3. The molecule has 0 saturated carbocycles. The molecule has 0 saturated heterocycles. The van der Waals surface area contributed by atoms with Gasteiger partial charge in [0.2, 0.25) is 0 Å². The second-order valence-corrected chi connectivity index (χ2v) is 4.47. The third-order valence-corrected chi connectivity index (χ3v) is 3.10. The first kappa shape index (κ1) is 14.2. The van der Waals surface area contributed by atoms with Crippen LogP contribution in [0.4, 0.5) is 0 Å². The van der Waals surface area contributed by atoms with Crippen molar-refractivity contribution in [1.82, 2.24) is 9.78 Å². The number of para-hydroxylation sites is 2. The molecular weight excluding hydrogens is 256 g/mol. The average molecular weight is 276 g/mol. The lowest BCUT2D eigenvalue weighted by molar-refractivity contribution is 0.209. The number of nitrogens with zero attached hydrogens (tertiary/aromatic N) is 2. The van der Waals surface area contributed by atoms with Crippen molar-refractivity contribution >= 4 is 0 Å². The van der Waals surface area contributed by atoms with Gasteiger partial charge in [0.05, 0.1) is 12.8 Å². The van der Waals surface area contributed by atoms with E-state index in [4.69, 9.17) is 14.2 Å². The highest BCUT2D eigenvalue weighted by Crippen LogP contribution is 2.26. The molecule has 0 aliphatic heterocycles. The van der Waals surface area contributed by atoms with Crippen molar-refractivity contribution in [2.24, 2.45) is 7.05 Å². The van der Waals surface area contributed by atoms with E-state index in [-0.39, 0.29) is 0 Å². The van der Waals surface area contributed by atoms with Crippen LogP contribution in [0.3, 0.4) is 0 Å². The zero-order valence-corrected chi connectivity index (χ0v) is 12.3. The lowest BCUT2D eigenvalue weighted by Crippen LogP contribution is -2.10. The first-order valence-electron chi connectivity index (χ1n) is 6.52. The van der Waals surface area contributed by atoms with E-state index in [9.17, 15) is 0 Å². The molecule has 0 amide bonds. The fourth-order valence-corrected chi connectivity index (χ4v) is 2.00. The minimum Gasteiger partial charge on any atom is -0.493 e. The van der Waals surface area contributed by atoms with Crippen LogP contribution >= 0.6 is 0 Å². The number of hydrogen-bond donors (Lipinski definition) is 0. The number of ether oxygens (including phenoxy) is 3. The Bertz CT molecular complexity index is 578. The Labute approximate surface area is 119 Å². The first-order valence-corrected chi connectivity index (χ1v) is 6.52. The number of hydrogen-bond acceptors (Lipinski definition) is 4. The fraction of sp³-hybridized carbons (Fsp3) is 0.400. The van der Waals surface area contributed by atoms with Crippen molar-refractivity contribution < 1.29 is 14.2 Å². The van der Waals surface area contributed by atoms with Crippen LogP contribution in [0.25, 0.3) is 0 Å². The third kappa shape index (κ3) is 3.04. The molecule has 0 unspecified atom stereocenters. The van der Waals surface area contributed by atoms with E-state index >= 15 is 0 Å². The SMILES string of the molecule is COc1ccccc1OCCOc1c(C)nn(C)c1C. The minimum atomic E-state index is 0.453. The van der Waals surface area contributed by atoms with E-state index < -0.39 is 0 Å². The molecule has 0 spiro atoms. The van der Waals surface area contributed by atoms with Crippen molar-refractivity contribution in [3.8, 4) is 17.2 Å². The van der Waals surface area contributed by atoms with Crippen LogP contribution in [-0.4, -0.2) is 30.1 Å². The molecule has 0 fully saturated rings. The second-order valence-electron chi connectivity index (χ2n) is 4.47. The van der Waals surface area contributed by atoms with Gasteiger partial charge in [-0.25, -0.2) is 0 Å². The maximum Gasteiger partial charge on any atom is 0.163 e. The van der Waals surface area contributed by atoms with Gasteiger partial charge in [0.1, 0.15) is 18.9 Å². The van der Waals surface area contributed by atoms with Crippen LogP contribution in [0.1, 0.15) is 11.4 Å². The molecule has 2 aromatic rings. The van der Waals surface area contributed by atoms with Gasteiger partial charge in [0.25, 0.3) is 0 Å². The lowest BCUT2D eigenvalue weighted by Gasteiger charge is -2.11. The Balaban J connectivity index is 1.88. The summed E-state index contributed by atoms with van der Waals surface area (Å²) in [5.74, 6) is 2.27. The van der Waals surface area contributed by atoms with E-state index in [0.717, 1.165) is 28.6 Å². The molecule has 1 aromatic carbocycles. The van der Waals surface area contributed by atoms with Gasteiger partial charge >= 0.3 is 0 Å². The van der Waals surface area contributed by atoms with Gasteiger partial charge in [-0.15, -0.1) is 0 Å². The highest BCUT2D eigenvalue weighted by Gasteiger charge is 2.10. The van der Waals surface area contributed by atoms with E-state index in [0.29, 0.717) is 13.2 Å². The van der Waals surface area contributed by atoms with Crippen LogP contribution in [-0.2, 0) is 7.05 Å². The number of aryl methyl sites for hydroxylation is 2. The van der Waals surface area contributed by atoms with Crippen LogP contribution < -0.4 is 14.2 Å². The van der Waals surface area contributed by atoms with E-state index in [2.05, 4.69) is 5.10 Å². The Morgan fingerprint density at radius 2 is 1.70 bits per heavy atom. The third-order valence-electron chi connectivity index (χ3n) is 3.10. The van der Waals surface area contributed by atoms with E-state index in [1.165, 1.54) is 0 Å². The molecule has 1 aromatic heterocycles. The van der Waals surface area contributed by atoms with Gasteiger partial charge < -0.3 is 14.2 Å². The minimum absolute atomic E-state index is 0.453. The van der Waals surface area contributed by atoms with E-state index in [1.54, 1.807) is 7.11 Å². The maximum absolute atomic E-state index is 5.73. The van der Waals surface area contributed by atoms with Gasteiger partial charge in [-0.1, -0.05) is 12.1 Å². The number of aromatic nitrogens is 2. The molecule has 0 aliphatic carbocycles. The predicted molar refractivity (Wildman–Crippen MR) is 76.7 cm³/mol. The summed E-state index contributed by atoms with van der Waals surface area (Å²) >= 11 is 0. The summed E-state index contributed by atoms with van der Waals surface area (Å²) in [4.78, 5) is 0. The van der Waals surface area contributed by atoms with Crippen LogP contribution in [0.15, 0.2) is 24.3 Å². The monoisotopic (exact) mass is 276 g/mol. The molecule has 0 aliphatic rings. The van der Waals surface area contributed by atoms with Crippen molar-refractivity contribution in [3.63, 3.8) is 0 Å². The van der Waals surface area contributed by atoms with Gasteiger partial charge in [-0.2, -0.15) is 5.10 Å². The maximum atomic E-state index is 5.73. The fourth-order valence-electron chi connectivity index (χ4n) is 2.00. The summed E-state index contributed by atoms with van der Waals surface area (Å²) in [5.41, 5.74) is 1.90. The number of rotatable bonds is 6. The Kier molecular flexibility index (Phi) is 4.50. The molecule has 1 heterocycles. The summed E-state index contributed by atoms with van der Waals surface area (Å²) < 4.78 is 18.4. The molecule has 0 atom stereocenters. The summed E-state index contributed by atoms with van der Waals surface area (Å²) in [6, 6.07) is 7.56. The van der Waals surface area contributed by atoms with Gasteiger partial charge in [0.15, 0.2) is 17.2 Å². The van der Waals surface area contributed by atoms with Crippen molar-refractivity contribution in [3.05, 3.63) is 35.7 Å². The molecule has 0 radical (unpaired) electrons. The zero-order valence-electron chi connectivity index (χ0n) is 12.3. The normalized spacial score (nSPS) is 10.4. The smallest absolute Gasteiger partial charge is 0.163 e. The summed E-state index contributed by atoms with van der Waals surface area (Å²) in [6.07, 6.45) is 0. The second kappa shape index (κ2) is 6.32. The summed E-state index contributed by atoms with van der Waals surface area (Å²) in [5, 5.41) is 4.31. The highest BCUT2D eigenvalue weighted by molar-refractivity contribution is 5.39. The average Bonchev–Trinajstić information content (AvgIpc) is 2.69. The molecule has 5 heteroatoms. The largest absolute Gasteiger partial charge is 0.493 e. The lowest BCUT2D eigenvalue weighted by atomic mass is 10.3. The quantitative estimate of drug-likeness (QED) is 0.760. The zero-order chi connectivity index (χ0) is 14.5. The van der Waals surface area contributed by atoms with Gasteiger partial charge in [-0.05, 0) is 26.0 Å².